The molecule has 4 heteroatoms. The standard InChI is InChI=1S/C17H25NO3/c1-13(17(20)21)15-8-6-14(7-9-15)12-18(10-11-19)16-4-2-3-5-16/h6-9,13,16,19H,2-5,10-12H2,1H3,(H,20,21). The number of hydrogen-bond acceptors (Lipinski definition) is 3. The first-order valence-electron chi connectivity index (χ1n) is 7.78. The molecular weight excluding hydrogens is 266 g/mol. The quantitative estimate of drug-likeness (QED) is 0.810. The predicted molar refractivity (Wildman–Crippen MR) is 82.2 cm³/mol. The molecule has 1 aliphatic rings. The Hall–Kier alpha value is -1.39. The molecule has 0 heterocycles. The molecule has 1 fully saturated rings. The summed E-state index contributed by atoms with van der Waals surface area (Å²) in [5, 5.41) is 18.3. The molecule has 2 N–H and O–H groups in total. The van der Waals surface area contributed by atoms with Crippen molar-refractivity contribution >= 4 is 5.97 Å². The molecule has 0 spiro atoms. The summed E-state index contributed by atoms with van der Waals surface area (Å²) in [5.74, 6) is -1.27. The summed E-state index contributed by atoms with van der Waals surface area (Å²) in [6.45, 7) is 3.42. The van der Waals surface area contributed by atoms with E-state index in [-0.39, 0.29) is 6.61 Å². The van der Waals surface area contributed by atoms with Crippen molar-refractivity contribution in [2.45, 2.75) is 51.1 Å². The first kappa shape index (κ1) is 16.0. The van der Waals surface area contributed by atoms with Gasteiger partial charge in [0, 0.05) is 19.1 Å². The van der Waals surface area contributed by atoms with Crippen LogP contribution in [0.2, 0.25) is 0 Å². The fraction of sp³-hybridized carbons (Fsp3) is 0.588. The summed E-state index contributed by atoms with van der Waals surface area (Å²) in [4.78, 5) is 13.3. The number of aliphatic hydroxyl groups is 1. The summed E-state index contributed by atoms with van der Waals surface area (Å²) in [6, 6.07) is 8.40. The van der Waals surface area contributed by atoms with E-state index in [1.54, 1.807) is 6.92 Å². The Morgan fingerprint density at radius 1 is 1.29 bits per heavy atom. The lowest BCUT2D eigenvalue weighted by Crippen LogP contribution is -2.35. The second kappa shape index (κ2) is 7.57. The first-order chi connectivity index (χ1) is 10.1. The number of carboxylic acids is 1. The number of hydrogen-bond donors (Lipinski definition) is 2. The second-order valence-electron chi connectivity index (χ2n) is 5.93. The Morgan fingerprint density at radius 3 is 2.43 bits per heavy atom. The third kappa shape index (κ3) is 4.29. The van der Waals surface area contributed by atoms with Gasteiger partial charge >= 0.3 is 5.97 Å². The average molecular weight is 291 g/mol. The van der Waals surface area contributed by atoms with E-state index >= 15 is 0 Å². The Morgan fingerprint density at radius 2 is 1.90 bits per heavy atom. The average Bonchev–Trinajstić information content (AvgIpc) is 3.01. The SMILES string of the molecule is CC(C(=O)O)c1ccc(CN(CCO)C2CCCC2)cc1. The van der Waals surface area contributed by atoms with E-state index in [4.69, 9.17) is 5.11 Å². The van der Waals surface area contributed by atoms with Crippen LogP contribution in [0.25, 0.3) is 0 Å². The van der Waals surface area contributed by atoms with E-state index in [0.29, 0.717) is 12.6 Å². The molecule has 0 aliphatic heterocycles. The van der Waals surface area contributed by atoms with E-state index in [1.807, 2.05) is 24.3 Å². The minimum atomic E-state index is -0.796. The second-order valence-corrected chi connectivity index (χ2v) is 5.93. The number of nitrogens with zero attached hydrogens (tertiary/aromatic N) is 1. The highest BCUT2D eigenvalue weighted by molar-refractivity contribution is 5.75. The van der Waals surface area contributed by atoms with Gasteiger partial charge in [0.05, 0.1) is 12.5 Å². The number of carbonyl (C=O) groups is 1. The zero-order chi connectivity index (χ0) is 15.2. The largest absolute Gasteiger partial charge is 0.481 e. The first-order valence-corrected chi connectivity index (χ1v) is 7.78. The number of benzene rings is 1. The van der Waals surface area contributed by atoms with Crippen LogP contribution < -0.4 is 0 Å². The third-order valence-corrected chi connectivity index (χ3v) is 4.46. The minimum Gasteiger partial charge on any atom is -0.481 e. The van der Waals surface area contributed by atoms with Crippen LogP contribution in [0.4, 0.5) is 0 Å². The molecule has 21 heavy (non-hydrogen) atoms. The van der Waals surface area contributed by atoms with Gasteiger partial charge in [0.2, 0.25) is 0 Å². The summed E-state index contributed by atoms with van der Waals surface area (Å²) in [6.07, 6.45) is 4.99. The van der Waals surface area contributed by atoms with Gasteiger partial charge in [-0.3, -0.25) is 9.69 Å². The smallest absolute Gasteiger partial charge is 0.310 e. The number of carboxylic acid groups (broad SMARTS) is 1. The molecule has 0 bridgehead atoms. The monoisotopic (exact) mass is 291 g/mol. The van der Waals surface area contributed by atoms with Crippen LogP contribution >= 0.6 is 0 Å². The van der Waals surface area contributed by atoms with Gasteiger partial charge in [0.15, 0.2) is 0 Å². The molecule has 0 aromatic heterocycles. The Balaban J connectivity index is 2.01. The van der Waals surface area contributed by atoms with Crippen molar-refractivity contribution in [3.8, 4) is 0 Å². The van der Waals surface area contributed by atoms with Crippen LogP contribution in [0.1, 0.15) is 49.7 Å². The van der Waals surface area contributed by atoms with Crippen LogP contribution in [0.15, 0.2) is 24.3 Å². The van der Waals surface area contributed by atoms with Gasteiger partial charge in [-0.25, -0.2) is 0 Å². The summed E-state index contributed by atoms with van der Waals surface area (Å²) in [7, 11) is 0. The Labute approximate surface area is 126 Å². The molecule has 0 saturated heterocycles. The number of aliphatic carboxylic acids is 1. The van der Waals surface area contributed by atoms with Gasteiger partial charge in [-0.1, -0.05) is 37.1 Å². The van der Waals surface area contributed by atoms with Gasteiger partial charge in [0.1, 0.15) is 0 Å². The fourth-order valence-electron chi connectivity index (χ4n) is 3.08. The molecule has 116 valence electrons. The lowest BCUT2D eigenvalue weighted by atomic mass is 10.00. The van der Waals surface area contributed by atoms with Gasteiger partial charge in [-0.15, -0.1) is 0 Å². The van der Waals surface area contributed by atoms with Gasteiger partial charge < -0.3 is 10.2 Å². The fourth-order valence-corrected chi connectivity index (χ4v) is 3.08. The van der Waals surface area contributed by atoms with Crippen molar-refractivity contribution in [1.29, 1.82) is 0 Å². The maximum absolute atomic E-state index is 11.0. The third-order valence-electron chi connectivity index (χ3n) is 4.46. The van der Waals surface area contributed by atoms with Crippen molar-refractivity contribution < 1.29 is 15.0 Å². The lowest BCUT2D eigenvalue weighted by Gasteiger charge is -2.28. The predicted octanol–water partition coefficient (Wildman–Crippen LogP) is 2.61. The van der Waals surface area contributed by atoms with E-state index in [2.05, 4.69) is 4.90 Å². The van der Waals surface area contributed by atoms with Crippen LogP contribution in [-0.4, -0.2) is 40.3 Å². The van der Waals surface area contributed by atoms with Crippen molar-refractivity contribution in [2.75, 3.05) is 13.2 Å². The molecule has 1 aliphatic carbocycles. The lowest BCUT2D eigenvalue weighted by molar-refractivity contribution is -0.138. The van der Waals surface area contributed by atoms with Crippen LogP contribution in [0.5, 0.6) is 0 Å². The molecule has 0 amide bonds. The molecule has 1 atom stereocenters. The Kier molecular flexibility index (Phi) is 5.76. The van der Waals surface area contributed by atoms with E-state index in [1.165, 1.54) is 31.2 Å². The molecule has 1 aromatic rings. The van der Waals surface area contributed by atoms with Crippen LogP contribution in [-0.2, 0) is 11.3 Å². The van der Waals surface area contributed by atoms with Crippen molar-refractivity contribution in [3.63, 3.8) is 0 Å². The van der Waals surface area contributed by atoms with E-state index < -0.39 is 11.9 Å². The molecule has 1 saturated carbocycles. The summed E-state index contributed by atoms with van der Waals surface area (Å²) in [5.41, 5.74) is 2.01. The molecule has 0 radical (unpaired) electrons. The summed E-state index contributed by atoms with van der Waals surface area (Å²) >= 11 is 0. The normalized spacial score (nSPS) is 17.3. The number of rotatable bonds is 7. The van der Waals surface area contributed by atoms with Crippen LogP contribution in [0.3, 0.4) is 0 Å². The highest BCUT2D eigenvalue weighted by Crippen LogP contribution is 2.25. The molecule has 1 unspecified atom stereocenters. The van der Waals surface area contributed by atoms with Gasteiger partial charge in [-0.2, -0.15) is 0 Å². The maximum atomic E-state index is 11.0. The highest BCUT2D eigenvalue weighted by atomic mass is 16.4. The topological polar surface area (TPSA) is 60.8 Å². The molecule has 2 rings (SSSR count). The molecular formula is C17H25NO3. The zero-order valence-corrected chi connectivity index (χ0v) is 12.7. The maximum Gasteiger partial charge on any atom is 0.310 e. The van der Waals surface area contributed by atoms with Crippen LogP contribution in [0, 0.1) is 0 Å². The number of aliphatic hydroxyl groups excluding tert-OH is 1. The van der Waals surface area contributed by atoms with E-state index in [0.717, 1.165) is 12.1 Å². The molecule has 1 aromatic carbocycles. The molecule has 4 nitrogen and oxygen atoms in total. The van der Waals surface area contributed by atoms with Crippen molar-refractivity contribution in [2.24, 2.45) is 0 Å². The van der Waals surface area contributed by atoms with Gasteiger partial charge in [0.25, 0.3) is 0 Å². The summed E-state index contributed by atoms with van der Waals surface area (Å²) < 4.78 is 0. The van der Waals surface area contributed by atoms with Crippen molar-refractivity contribution in [3.05, 3.63) is 35.4 Å². The van der Waals surface area contributed by atoms with Crippen molar-refractivity contribution in [1.82, 2.24) is 4.90 Å². The van der Waals surface area contributed by atoms with E-state index in [9.17, 15) is 9.90 Å². The van der Waals surface area contributed by atoms with Gasteiger partial charge in [-0.05, 0) is 30.9 Å². The Bertz CT molecular complexity index is 452. The highest BCUT2D eigenvalue weighted by Gasteiger charge is 2.22. The minimum absolute atomic E-state index is 0.185. The zero-order valence-electron chi connectivity index (χ0n) is 12.7.